The molecule has 1 aromatic rings. The van der Waals surface area contributed by atoms with Crippen LogP contribution in [0.25, 0.3) is 0 Å². The summed E-state index contributed by atoms with van der Waals surface area (Å²) in [6, 6.07) is 4.77. The number of ether oxygens (including phenoxy) is 2. The predicted molar refractivity (Wildman–Crippen MR) is 79.9 cm³/mol. The molecule has 1 aliphatic rings. The quantitative estimate of drug-likeness (QED) is 0.790. The average molecular weight is 331 g/mol. The first-order valence-corrected chi connectivity index (χ1v) is 7.57. The molecule has 2 unspecified atom stereocenters. The summed E-state index contributed by atoms with van der Waals surface area (Å²) in [7, 11) is 0. The summed E-state index contributed by atoms with van der Waals surface area (Å²) in [5.41, 5.74) is 0. The van der Waals surface area contributed by atoms with E-state index >= 15 is 0 Å². The van der Waals surface area contributed by atoms with Crippen molar-refractivity contribution in [2.75, 3.05) is 6.61 Å². The summed E-state index contributed by atoms with van der Waals surface area (Å²) in [4.78, 5) is 23.7. The smallest absolute Gasteiger partial charge is 0.309 e. The van der Waals surface area contributed by atoms with E-state index in [1.807, 2.05) is 0 Å². The molecule has 1 saturated carbocycles. The average Bonchev–Trinajstić information content (AvgIpc) is 2.40. The standard InChI is InChI=1S/C15H16Cl2O4/c1-2-20-15(19)9-3-4-13(18)14(5-9)21-12-7-10(16)6-11(17)8-12/h6-9,14H,2-5H2,1H3. The number of esters is 1. The van der Waals surface area contributed by atoms with Crippen molar-refractivity contribution in [2.45, 2.75) is 32.3 Å². The summed E-state index contributed by atoms with van der Waals surface area (Å²) >= 11 is 11.8. The maximum Gasteiger partial charge on any atom is 0.309 e. The maximum absolute atomic E-state index is 12.0. The van der Waals surface area contributed by atoms with Crippen LogP contribution in [0.2, 0.25) is 10.0 Å². The molecule has 0 aromatic heterocycles. The first-order chi connectivity index (χ1) is 9.99. The predicted octanol–water partition coefficient (Wildman–Crippen LogP) is 3.67. The van der Waals surface area contributed by atoms with Gasteiger partial charge in [0.15, 0.2) is 11.9 Å². The van der Waals surface area contributed by atoms with E-state index in [0.29, 0.717) is 41.7 Å². The Morgan fingerprint density at radius 3 is 2.57 bits per heavy atom. The minimum Gasteiger partial charge on any atom is -0.483 e. The van der Waals surface area contributed by atoms with Crippen LogP contribution in [0, 0.1) is 5.92 Å². The fourth-order valence-corrected chi connectivity index (χ4v) is 2.84. The Morgan fingerprint density at radius 2 is 1.95 bits per heavy atom. The normalized spacial score (nSPS) is 22.0. The minimum absolute atomic E-state index is 0.0216. The summed E-state index contributed by atoms with van der Waals surface area (Å²) in [6.07, 6.45) is 0.473. The van der Waals surface area contributed by atoms with Crippen molar-refractivity contribution in [1.82, 2.24) is 0 Å². The van der Waals surface area contributed by atoms with Gasteiger partial charge in [-0.25, -0.2) is 0 Å². The first kappa shape index (κ1) is 16.1. The van der Waals surface area contributed by atoms with Gasteiger partial charge in [0.2, 0.25) is 0 Å². The van der Waals surface area contributed by atoms with Gasteiger partial charge in [-0.2, -0.15) is 0 Å². The molecule has 0 heterocycles. The maximum atomic E-state index is 12.0. The lowest BCUT2D eigenvalue weighted by atomic mass is 9.86. The van der Waals surface area contributed by atoms with Gasteiger partial charge in [0.25, 0.3) is 0 Å². The molecule has 0 bridgehead atoms. The van der Waals surface area contributed by atoms with Crippen LogP contribution in [-0.4, -0.2) is 24.5 Å². The Hall–Kier alpha value is -1.26. The number of Topliss-reactive ketones (excluding diaryl/α,β-unsaturated/α-hetero) is 1. The van der Waals surface area contributed by atoms with Gasteiger partial charge >= 0.3 is 5.97 Å². The second-order valence-corrected chi connectivity index (χ2v) is 5.77. The highest BCUT2D eigenvalue weighted by atomic mass is 35.5. The molecule has 0 aliphatic heterocycles. The van der Waals surface area contributed by atoms with Crippen molar-refractivity contribution in [3.63, 3.8) is 0 Å². The highest BCUT2D eigenvalue weighted by Crippen LogP contribution is 2.29. The van der Waals surface area contributed by atoms with E-state index in [2.05, 4.69) is 0 Å². The van der Waals surface area contributed by atoms with Crippen molar-refractivity contribution in [1.29, 1.82) is 0 Å². The zero-order chi connectivity index (χ0) is 15.4. The Balaban J connectivity index is 2.06. The third kappa shape index (κ3) is 4.35. The van der Waals surface area contributed by atoms with Gasteiger partial charge in [0, 0.05) is 22.9 Å². The van der Waals surface area contributed by atoms with Gasteiger partial charge in [0.05, 0.1) is 12.5 Å². The molecule has 1 aromatic carbocycles. The van der Waals surface area contributed by atoms with Crippen LogP contribution in [0.5, 0.6) is 5.75 Å². The second-order valence-electron chi connectivity index (χ2n) is 4.90. The molecule has 6 heteroatoms. The van der Waals surface area contributed by atoms with Gasteiger partial charge < -0.3 is 9.47 Å². The van der Waals surface area contributed by atoms with Crippen molar-refractivity contribution >= 4 is 35.0 Å². The zero-order valence-corrected chi connectivity index (χ0v) is 13.1. The summed E-state index contributed by atoms with van der Waals surface area (Å²) in [6.45, 7) is 2.09. The zero-order valence-electron chi connectivity index (χ0n) is 11.6. The first-order valence-electron chi connectivity index (χ1n) is 6.81. The van der Waals surface area contributed by atoms with Gasteiger partial charge in [-0.05, 0) is 31.5 Å². The monoisotopic (exact) mass is 330 g/mol. The molecule has 21 heavy (non-hydrogen) atoms. The minimum atomic E-state index is -0.664. The third-order valence-electron chi connectivity index (χ3n) is 3.33. The number of hydrogen-bond acceptors (Lipinski definition) is 4. The molecule has 0 radical (unpaired) electrons. The number of halogens is 2. The third-order valence-corrected chi connectivity index (χ3v) is 3.77. The van der Waals surface area contributed by atoms with E-state index in [-0.39, 0.29) is 17.7 Å². The molecule has 0 N–H and O–H groups in total. The van der Waals surface area contributed by atoms with E-state index in [0.717, 1.165) is 0 Å². The molecule has 2 atom stereocenters. The van der Waals surface area contributed by atoms with Crippen LogP contribution in [0.15, 0.2) is 18.2 Å². The Labute approximate surface area is 133 Å². The number of rotatable bonds is 4. The fraction of sp³-hybridized carbons (Fsp3) is 0.467. The second kappa shape index (κ2) is 7.14. The lowest BCUT2D eigenvalue weighted by Gasteiger charge is -2.27. The van der Waals surface area contributed by atoms with Gasteiger partial charge in [-0.1, -0.05) is 23.2 Å². The molecule has 2 rings (SSSR count). The van der Waals surface area contributed by atoms with Gasteiger partial charge in [0.1, 0.15) is 5.75 Å². The highest BCUT2D eigenvalue weighted by molar-refractivity contribution is 6.34. The number of ketones is 1. The number of benzene rings is 1. The highest BCUT2D eigenvalue weighted by Gasteiger charge is 2.34. The van der Waals surface area contributed by atoms with Crippen molar-refractivity contribution in [3.8, 4) is 5.75 Å². The lowest BCUT2D eigenvalue weighted by Crippen LogP contribution is -2.37. The molecule has 1 aliphatic carbocycles. The fourth-order valence-electron chi connectivity index (χ4n) is 2.33. The number of carbonyl (C=O) groups excluding carboxylic acids is 2. The van der Waals surface area contributed by atoms with E-state index in [4.69, 9.17) is 32.7 Å². The van der Waals surface area contributed by atoms with Crippen LogP contribution in [0.1, 0.15) is 26.2 Å². The summed E-state index contributed by atoms with van der Waals surface area (Å²) in [5.74, 6) is -0.174. The van der Waals surface area contributed by atoms with Crippen molar-refractivity contribution < 1.29 is 19.1 Å². The van der Waals surface area contributed by atoms with E-state index in [1.165, 1.54) is 0 Å². The molecule has 114 valence electrons. The van der Waals surface area contributed by atoms with E-state index < -0.39 is 6.10 Å². The molecular weight excluding hydrogens is 315 g/mol. The lowest BCUT2D eigenvalue weighted by molar-refractivity contribution is -0.151. The van der Waals surface area contributed by atoms with Crippen molar-refractivity contribution in [3.05, 3.63) is 28.2 Å². The van der Waals surface area contributed by atoms with E-state index in [1.54, 1.807) is 25.1 Å². The van der Waals surface area contributed by atoms with Crippen LogP contribution < -0.4 is 4.74 Å². The van der Waals surface area contributed by atoms with E-state index in [9.17, 15) is 9.59 Å². The van der Waals surface area contributed by atoms with Crippen LogP contribution in [0.4, 0.5) is 0 Å². The topological polar surface area (TPSA) is 52.6 Å². The van der Waals surface area contributed by atoms with Crippen molar-refractivity contribution in [2.24, 2.45) is 5.92 Å². The Bertz CT molecular complexity index is 524. The molecular formula is C15H16Cl2O4. The number of hydrogen-bond donors (Lipinski definition) is 0. The molecule has 0 spiro atoms. The Kier molecular flexibility index (Phi) is 5.48. The molecule has 4 nitrogen and oxygen atoms in total. The van der Waals surface area contributed by atoms with Crippen LogP contribution in [-0.2, 0) is 14.3 Å². The molecule has 0 saturated heterocycles. The summed E-state index contributed by atoms with van der Waals surface area (Å²) < 4.78 is 10.7. The molecule has 1 fully saturated rings. The molecule has 0 amide bonds. The van der Waals surface area contributed by atoms with Crippen LogP contribution in [0.3, 0.4) is 0 Å². The van der Waals surface area contributed by atoms with Crippen LogP contribution >= 0.6 is 23.2 Å². The van der Waals surface area contributed by atoms with Gasteiger partial charge in [-0.3, -0.25) is 9.59 Å². The summed E-state index contributed by atoms with van der Waals surface area (Å²) in [5, 5.41) is 0.866. The van der Waals surface area contributed by atoms with Gasteiger partial charge in [-0.15, -0.1) is 0 Å². The largest absolute Gasteiger partial charge is 0.483 e. The SMILES string of the molecule is CCOC(=O)C1CCC(=O)C(Oc2cc(Cl)cc(Cl)c2)C1. The number of carbonyl (C=O) groups is 2. The Morgan fingerprint density at radius 1 is 1.29 bits per heavy atom.